The number of rotatable bonds is 4. The van der Waals surface area contributed by atoms with E-state index in [2.05, 4.69) is 50.7 Å². The molecule has 0 unspecified atom stereocenters. The van der Waals surface area contributed by atoms with Crippen LogP contribution in [0, 0.1) is 27.7 Å². The highest BCUT2D eigenvalue weighted by atomic mass is 32.9. The van der Waals surface area contributed by atoms with Gasteiger partial charge in [0.1, 0.15) is 13.1 Å². The van der Waals surface area contributed by atoms with Crippen LogP contribution in [0.25, 0.3) is 0 Å². The second-order valence-corrected chi connectivity index (χ2v) is 14.4. The number of hydrogen-bond acceptors (Lipinski definition) is 3. The highest BCUT2D eigenvalue weighted by molar-refractivity contribution is 8.69. The molecule has 2 heterocycles. The van der Waals surface area contributed by atoms with Crippen molar-refractivity contribution in [3.05, 3.63) is 21.1 Å². The summed E-state index contributed by atoms with van der Waals surface area (Å²) in [6.45, 7) is 15.0. The van der Waals surface area contributed by atoms with Crippen LogP contribution in [0.3, 0.4) is 0 Å². The Morgan fingerprint density at radius 1 is 0.905 bits per heavy atom. The zero-order valence-corrected chi connectivity index (χ0v) is 17.7. The monoisotopic (exact) mass is 378 g/mol. The molecule has 0 aromatic carbocycles. The Hall–Kier alpha value is 0.260. The first-order valence-corrected chi connectivity index (χ1v) is 12.7. The van der Waals surface area contributed by atoms with Gasteiger partial charge in [0.05, 0.1) is 9.75 Å². The van der Waals surface area contributed by atoms with Gasteiger partial charge in [0.15, 0.2) is 11.4 Å². The SMILES string of the molecule is CC[n+]1c(P(=S)(S)c2sc(C)c(C)[n+]2CC)sc(C)c1C. The van der Waals surface area contributed by atoms with Gasteiger partial charge in [0.25, 0.3) is 9.50 Å². The minimum Gasteiger partial charge on any atom is -0.185 e. The number of nitrogens with zero attached hydrogens (tertiary/aromatic N) is 2. The molecule has 2 rings (SSSR count). The van der Waals surface area contributed by atoms with Gasteiger partial charge in [0, 0.05) is 13.8 Å². The van der Waals surface area contributed by atoms with Crippen LogP contribution in [-0.4, -0.2) is 0 Å². The minimum atomic E-state index is -2.03. The highest BCUT2D eigenvalue weighted by Crippen LogP contribution is 2.50. The van der Waals surface area contributed by atoms with Crippen molar-refractivity contribution in [3.63, 3.8) is 0 Å². The van der Waals surface area contributed by atoms with E-state index in [0.717, 1.165) is 13.1 Å². The fourth-order valence-electron chi connectivity index (χ4n) is 2.48. The molecule has 2 aromatic rings. The molecule has 0 aliphatic carbocycles. The first kappa shape index (κ1) is 17.6. The van der Waals surface area contributed by atoms with Crippen LogP contribution in [-0.2, 0) is 24.9 Å². The van der Waals surface area contributed by atoms with Crippen molar-refractivity contribution in [1.29, 1.82) is 0 Å². The van der Waals surface area contributed by atoms with Crippen LogP contribution < -0.4 is 18.6 Å². The van der Waals surface area contributed by atoms with E-state index in [1.807, 2.05) is 22.7 Å². The van der Waals surface area contributed by atoms with Gasteiger partial charge in [-0.25, -0.2) is 0 Å². The average Bonchev–Trinajstić information content (AvgIpc) is 2.89. The minimum absolute atomic E-state index is 0.958. The van der Waals surface area contributed by atoms with Crippen molar-refractivity contribution in [1.82, 2.24) is 0 Å². The zero-order chi connectivity index (χ0) is 15.9. The Kier molecular flexibility index (Phi) is 5.37. The molecule has 0 saturated heterocycles. The standard InChI is InChI=1S/C14H22N2PS4/c1-7-15-9(3)11(5)20-13(15)17(18,19)14-16(8-2)10(4)12(6)21-14/h7-8H2,1-6H3/q+1/p+1. The van der Waals surface area contributed by atoms with E-state index in [9.17, 15) is 0 Å². The molecular weight excluding hydrogens is 355 g/mol. The molecule has 0 amide bonds. The molecule has 0 saturated carbocycles. The second kappa shape index (κ2) is 6.40. The van der Waals surface area contributed by atoms with E-state index >= 15 is 0 Å². The summed E-state index contributed by atoms with van der Waals surface area (Å²) in [7, 11) is 0. The number of thiol groups is 1. The summed E-state index contributed by atoms with van der Waals surface area (Å²) in [6.07, 6.45) is 0. The fraction of sp³-hybridized carbons (Fsp3) is 0.571. The Morgan fingerprint density at radius 2 is 1.24 bits per heavy atom. The summed E-state index contributed by atoms with van der Waals surface area (Å²) >= 11 is 14.8. The largest absolute Gasteiger partial charge is 0.288 e. The summed E-state index contributed by atoms with van der Waals surface area (Å²) < 4.78 is 7.25. The molecule has 0 spiro atoms. The van der Waals surface area contributed by atoms with Crippen LogP contribution >= 0.6 is 40.2 Å². The summed E-state index contributed by atoms with van der Waals surface area (Å²) in [4.78, 5) is 2.70. The molecule has 21 heavy (non-hydrogen) atoms. The van der Waals surface area contributed by atoms with Crippen molar-refractivity contribution < 1.29 is 9.13 Å². The predicted molar refractivity (Wildman–Crippen MR) is 102 cm³/mol. The Morgan fingerprint density at radius 3 is 1.52 bits per heavy atom. The molecule has 116 valence electrons. The van der Waals surface area contributed by atoms with Gasteiger partial charge in [-0.1, -0.05) is 34.5 Å². The number of aromatic nitrogens is 2. The van der Waals surface area contributed by atoms with E-state index in [1.165, 1.54) is 30.6 Å². The van der Waals surface area contributed by atoms with E-state index in [4.69, 9.17) is 24.1 Å². The maximum Gasteiger partial charge on any atom is 0.288 e. The lowest BCUT2D eigenvalue weighted by atomic mass is 10.4. The molecular formula is C14H23N2PS4+2. The molecule has 0 bridgehead atoms. The molecule has 2 nitrogen and oxygen atoms in total. The van der Waals surface area contributed by atoms with E-state index in [-0.39, 0.29) is 0 Å². The quantitative estimate of drug-likeness (QED) is 0.488. The van der Waals surface area contributed by atoms with Gasteiger partial charge in [-0.3, -0.25) is 0 Å². The van der Waals surface area contributed by atoms with E-state index in [0.29, 0.717) is 0 Å². The molecule has 0 fully saturated rings. The third-order valence-corrected chi connectivity index (χ3v) is 13.3. The molecule has 0 N–H and O–H groups in total. The maximum atomic E-state index is 6.08. The lowest BCUT2D eigenvalue weighted by Crippen LogP contribution is -2.52. The van der Waals surface area contributed by atoms with E-state index < -0.39 is 5.24 Å². The van der Waals surface area contributed by atoms with Gasteiger partial charge in [-0.2, -0.15) is 9.13 Å². The number of aryl methyl sites for hydroxylation is 2. The van der Waals surface area contributed by atoms with Crippen molar-refractivity contribution in [2.24, 2.45) is 0 Å². The molecule has 0 atom stereocenters. The Balaban J connectivity index is 2.71. The van der Waals surface area contributed by atoms with Gasteiger partial charge in [-0.15, -0.1) is 12.2 Å². The third-order valence-electron chi connectivity index (χ3n) is 3.93. The van der Waals surface area contributed by atoms with Crippen molar-refractivity contribution in [2.75, 3.05) is 0 Å². The van der Waals surface area contributed by atoms with Crippen molar-refractivity contribution in [2.45, 2.75) is 54.6 Å². The van der Waals surface area contributed by atoms with Crippen LogP contribution in [0.1, 0.15) is 35.0 Å². The predicted octanol–water partition coefficient (Wildman–Crippen LogP) is 2.93. The van der Waals surface area contributed by atoms with Crippen LogP contribution in [0.2, 0.25) is 0 Å². The number of thiazole rings is 2. The van der Waals surface area contributed by atoms with Gasteiger partial charge in [0.2, 0.25) is 5.24 Å². The highest BCUT2D eigenvalue weighted by Gasteiger charge is 2.41. The van der Waals surface area contributed by atoms with Gasteiger partial charge < -0.3 is 0 Å². The average molecular weight is 379 g/mol. The smallest absolute Gasteiger partial charge is 0.185 e. The van der Waals surface area contributed by atoms with E-state index in [1.54, 1.807) is 0 Å². The summed E-state index contributed by atoms with van der Waals surface area (Å²) in [5, 5.41) is -2.03. The molecule has 0 aliphatic rings. The lowest BCUT2D eigenvalue weighted by Gasteiger charge is -2.07. The van der Waals surface area contributed by atoms with Gasteiger partial charge >= 0.3 is 0 Å². The Labute approximate surface area is 146 Å². The molecule has 0 aliphatic heterocycles. The van der Waals surface area contributed by atoms with Crippen molar-refractivity contribution in [3.8, 4) is 0 Å². The maximum absolute atomic E-state index is 6.08. The zero-order valence-electron chi connectivity index (χ0n) is 13.4. The summed E-state index contributed by atoms with van der Waals surface area (Å²) in [6, 6.07) is 0. The molecule has 0 radical (unpaired) electrons. The second-order valence-electron chi connectivity index (χ2n) is 5.12. The number of hydrogen-bond donors (Lipinski definition) is 1. The summed E-state index contributed by atoms with van der Waals surface area (Å²) in [5.74, 6) is 0. The van der Waals surface area contributed by atoms with Gasteiger partial charge in [-0.05, 0) is 27.7 Å². The Bertz CT molecular complexity index is 672. The normalized spacial score (nSPS) is 12.1. The first-order valence-electron chi connectivity index (χ1n) is 7.09. The van der Waals surface area contributed by atoms with Crippen LogP contribution in [0.4, 0.5) is 0 Å². The third kappa shape index (κ3) is 2.90. The lowest BCUT2D eigenvalue weighted by molar-refractivity contribution is -0.681. The van der Waals surface area contributed by atoms with Crippen molar-refractivity contribution >= 4 is 61.5 Å². The summed E-state index contributed by atoms with van der Waals surface area (Å²) in [5.41, 5.74) is 2.66. The topological polar surface area (TPSA) is 7.76 Å². The van der Waals surface area contributed by atoms with Crippen LogP contribution in [0.15, 0.2) is 0 Å². The molecule has 7 heteroatoms. The van der Waals surface area contributed by atoms with Crippen LogP contribution in [0.5, 0.6) is 0 Å². The fourth-order valence-corrected chi connectivity index (χ4v) is 10.8. The first-order chi connectivity index (χ1) is 9.75. The molecule has 2 aromatic heterocycles.